The largest absolute Gasteiger partial charge is 0.595 e. The maximum Gasteiger partial charge on any atom is 0.174 e. The van der Waals surface area contributed by atoms with E-state index in [1.54, 1.807) is 24.3 Å². The van der Waals surface area contributed by atoms with Gasteiger partial charge in [-0.05, 0) is 23.3 Å². The van der Waals surface area contributed by atoms with Gasteiger partial charge in [0.2, 0.25) is 0 Å². The van der Waals surface area contributed by atoms with Crippen LogP contribution >= 0.6 is 46.4 Å². The zero-order chi connectivity index (χ0) is 28.3. The highest BCUT2D eigenvalue weighted by molar-refractivity contribution is 6.31. The van der Waals surface area contributed by atoms with E-state index < -0.39 is 42.4 Å². The van der Waals surface area contributed by atoms with Gasteiger partial charge < -0.3 is 20.8 Å². The van der Waals surface area contributed by atoms with Crippen molar-refractivity contribution in [2.45, 2.75) is 21.5 Å². The number of hydrogen-bond acceptors (Lipinski definition) is 8. The van der Waals surface area contributed by atoms with Crippen LogP contribution in [0.5, 0.6) is 0 Å². The summed E-state index contributed by atoms with van der Waals surface area (Å²) in [4.78, 5) is 0. The van der Waals surface area contributed by atoms with Crippen LogP contribution in [0.25, 0.3) is 0 Å². The topological polar surface area (TPSA) is 191 Å². The highest BCUT2D eigenvalue weighted by atomic mass is 35.5. The second-order valence-corrected chi connectivity index (χ2v) is 9.98. The fourth-order valence-corrected chi connectivity index (χ4v) is 4.98. The predicted molar refractivity (Wildman–Crippen MR) is 137 cm³/mol. The molecule has 0 saturated heterocycles. The summed E-state index contributed by atoms with van der Waals surface area (Å²) in [7, 11) is 0. The Hall–Kier alpha value is -1.66. The van der Waals surface area contributed by atoms with E-state index in [1.807, 2.05) is 0 Å². The van der Waals surface area contributed by atoms with Gasteiger partial charge in [0.25, 0.3) is 0 Å². The minimum atomic E-state index is -1.36. The van der Waals surface area contributed by atoms with E-state index in [0.717, 1.165) is 12.1 Å². The molecule has 0 amide bonds. The van der Waals surface area contributed by atoms with Crippen LogP contribution in [-0.4, -0.2) is 20.8 Å². The summed E-state index contributed by atoms with van der Waals surface area (Å²) >= 11 is 26.1. The minimum Gasteiger partial charge on any atom is -0.595 e. The van der Waals surface area contributed by atoms with Crippen LogP contribution in [0.4, 0.5) is 22.7 Å². The van der Waals surface area contributed by atoms with Crippen LogP contribution < -0.4 is 20.9 Å². The summed E-state index contributed by atoms with van der Waals surface area (Å²) in [5.74, 6) is 0. The highest BCUT2D eigenvalue weighted by Crippen LogP contribution is 2.44. The molecule has 0 aliphatic heterocycles. The Bertz CT molecular complexity index is 1140. The van der Waals surface area contributed by atoms with E-state index in [4.69, 9.17) is 56.8 Å². The molecule has 8 N–H and O–H groups in total. The Morgan fingerprint density at radius 3 is 1.05 bits per heavy atom. The van der Waals surface area contributed by atoms with Gasteiger partial charge in [-0.15, -0.1) is 46.4 Å². The zero-order valence-electron chi connectivity index (χ0n) is 19.0. The summed E-state index contributed by atoms with van der Waals surface area (Å²) in [6.45, 7) is 0. The fraction of sp³-hybridized carbons (Fsp3) is 0.182. The molecule has 0 heterocycles. The van der Waals surface area contributed by atoms with Crippen molar-refractivity contribution < 1.29 is 41.7 Å². The second-order valence-electron chi connectivity index (χ2n) is 8.10. The van der Waals surface area contributed by atoms with Crippen LogP contribution in [0.1, 0.15) is 43.8 Å². The molecule has 0 spiro atoms. The third-order valence-electron chi connectivity index (χ3n) is 5.74. The standard InChI is InChI=1S/C22H22Cl4N4O8/c23-19(21(25)15-7-5-13(27(31)32)9-17(15)29(35)36)11-1-2-12(4-3-11)20(24)22(26)16-8-6-14(28(33)34)10-18(16)30(37)38/h1-10,19-22,27-31,33,35,37H/t19-,20-,21-,22+/m0/s1. The quantitative estimate of drug-likeness (QED) is 0.126. The lowest BCUT2D eigenvalue weighted by molar-refractivity contribution is -0.996. The van der Waals surface area contributed by atoms with Gasteiger partial charge in [0.05, 0.1) is 33.6 Å². The fourth-order valence-electron chi connectivity index (χ4n) is 3.75. The summed E-state index contributed by atoms with van der Waals surface area (Å²) in [5.41, 5.74) is 0.269. The first kappa shape index (κ1) is 30.9. The molecule has 0 fully saturated rings. The third kappa shape index (κ3) is 6.91. The summed E-state index contributed by atoms with van der Waals surface area (Å²) < 4.78 is 0. The van der Waals surface area contributed by atoms with Crippen LogP contribution in [0, 0.1) is 20.8 Å². The Labute approximate surface area is 235 Å². The van der Waals surface area contributed by atoms with Crippen molar-refractivity contribution in [3.05, 3.63) is 104 Å². The van der Waals surface area contributed by atoms with Crippen molar-refractivity contribution in [1.82, 2.24) is 0 Å². The molecule has 8 atom stereocenters. The Kier molecular flexibility index (Phi) is 10.7. The van der Waals surface area contributed by atoms with Gasteiger partial charge >= 0.3 is 0 Å². The monoisotopic (exact) mass is 610 g/mol. The Morgan fingerprint density at radius 1 is 0.474 bits per heavy atom. The average Bonchev–Trinajstić information content (AvgIpc) is 2.90. The van der Waals surface area contributed by atoms with Gasteiger partial charge in [-0.3, -0.25) is 0 Å². The van der Waals surface area contributed by atoms with Crippen molar-refractivity contribution in [2.75, 3.05) is 0 Å². The van der Waals surface area contributed by atoms with Crippen LogP contribution in [0.15, 0.2) is 60.7 Å². The van der Waals surface area contributed by atoms with Crippen molar-refractivity contribution >= 4 is 69.2 Å². The molecular formula is C22H22Cl4N4O8. The molecule has 0 aliphatic rings. The van der Waals surface area contributed by atoms with Crippen molar-refractivity contribution in [2.24, 2.45) is 0 Å². The van der Waals surface area contributed by atoms with Crippen molar-refractivity contribution in [3.8, 4) is 0 Å². The van der Waals surface area contributed by atoms with E-state index in [1.165, 1.54) is 24.3 Å². The van der Waals surface area contributed by atoms with E-state index in [-0.39, 0.29) is 33.9 Å². The first-order chi connectivity index (χ1) is 17.8. The number of benzene rings is 3. The molecule has 0 saturated carbocycles. The van der Waals surface area contributed by atoms with Gasteiger partial charge in [-0.1, -0.05) is 24.3 Å². The van der Waals surface area contributed by atoms with E-state index >= 15 is 0 Å². The molecule has 3 aromatic rings. The van der Waals surface area contributed by atoms with E-state index in [2.05, 4.69) is 0 Å². The molecule has 3 aromatic carbocycles. The number of hydrogen-bond donors (Lipinski definition) is 8. The molecule has 16 heteroatoms. The maximum atomic E-state index is 11.7. The predicted octanol–water partition coefficient (Wildman–Crippen LogP) is 1.82. The van der Waals surface area contributed by atoms with Gasteiger partial charge in [-0.2, -0.15) is 20.9 Å². The Morgan fingerprint density at radius 2 is 0.789 bits per heavy atom. The summed E-state index contributed by atoms with van der Waals surface area (Å²) in [6.07, 6.45) is 0. The van der Waals surface area contributed by atoms with E-state index in [0.29, 0.717) is 11.1 Å². The third-order valence-corrected chi connectivity index (χ3v) is 7.98. The maximum absolute atomic E-state index is 11.7. The minimum absolute atomic E-state index is 0.135. The molecule has 3 rings (SSSR count). The molecule has 4 unspecified atom stereocenters. The molecule has 0 aliphatic carbocycles. The smallest absolute Gasteiger partial charge is 0.174 e. The molecular weight excluding hydrogens is 590 g/mol. The van der Waals surface area contributed by atoms with Crippen LogP contribution in [-0.2, 0) is 0 Å². The van der Waals surface area contributed by atoms with Gasteiger partial charge in [0.1, 0.15) is 0 Å². The molecule has 206 valence electrons. The number of rotatable bonds is 10. The number of nitrogens with one attached hydrogen (secondary N) is 4. The van der Waals surface area contributed by atoms with Crippen LogP contribution in [0.2, 0.25) is 0 Å². The first-order valence-electron chi connectivity index (χ1n) is 10.7. The second kappa shape index (κ2) is 13.1. The molecule has 0 radical (unpaired) electrons. The van der Waals surface area contributed by atoms with Gasteiger partial charge in [0, 0.05) is 23.3 Å². The summed E-state index contributed by atoms with van der Waals surface area (Å²) in [6, 6.07) is 13.5. The van der Waals surface area contributed by atoms with E-state index in [9.17, 15) is 31.2 Å². The molecule has 38 heavy (non-hydrogen) atoms. The van der Waals surface area contributed by atoms with Crippen LogP contribution in [0.3, 0.4) is 0 Å². The van der Waals surface area contributed by atoms with Crippen molar-refractivity contribution in [3.63, 3.8) is 0 Å². The molecule has 0 aromatic heterocycles. The lowest BCUT2D eigenvalue weighted by Crippen LogP contribution is -3.01. The molecule has 0 bridgehead atoms. The van der Waals surface area contributed by atoms with Crippen molar-refractivity contribution in [1.29, 1.82) is 0 Å². The van der Waals surface area contributed by atoms with Gasteiger partial charge in [0.15, 0.2) is 22.7 Å². The normalized spacial score (nSPS) is 18.2. The van der Waals surface area contributed by atoms with Gasteiger partial charge in [-0.25, -0.2) is 20.8 Å². The number of halogens is 4. The Balaban J connectivity index is 1.84. The lowest BCUT2D eigenvalue weighted by atomic mass is 9.97. The first-order valence-corrected chi connectivity index (χ1v) is 12.4. The summed E-state index contributed by atoms with van der Waals surface area (Å²) in [5, 5.41) is 73.9. The lowest BCUT2D eigenvalue weighted by Gasteiger charge is -2.24. The number of quaternary nitrogens is 4. The average molecular weight is 612 g/mol. The SMILES string of the molecule is [O-][NH+](O)c1ccc([C@@H](Cl)[C@@H](Cl)c2ccc([C@H](Cl)[C@@H](Cl)c3ccc([NH+]([O-])O)cc3[NH+]([O-])O)cc2)c([NH+]([O-])O)c1. The number of alkyl halides is 4. The molecule has 12 nitrogen and oxygen atoms in total. The zero-order valence-corrected chi connectivity index (χ0v) is 22.0. The highest BCUT2D eigenvalue weighted by Gasteiger charge is 2.29.